The van der Waals surface area contributed by atoms with Gasteiger partial charge < -0.3 is 14.8 Å². The monoisotopic (exact) mass is 394 g/mol. The molecule has 0 saturated carbocycles. The first-order chi connectivity index (χ1) is 14.1. The zero-order chi connectivity index (χ0) is 20.2. The molecule has 29 heavy (non-hydrogen) atoms. The lowest BCUT2D eigenvalue weighted by atomic mass is 9.94. The number of nitrogens with zero attached hydrogens (tertiary/aromatic N) is 1. The van der Waals surface area contributed by atoms with E-state index >= 15 is 0 Å². The fraction of sp³-hybridized carbons (Fsp3) is 0.458. The second-order valence-electron chi connectivity index (χ2n) is 8.17. The van der Waals surface area contributed by atoms with Crippen molar-refractivity contribution in [3.63, 3.8) is 0 Å². The fourth-order valence-corrected chi connectivity index (χ4v) is 4.05. The Hall–Kier alpha value is -2.53. The van der Waals surface area contributed by atoms with Crippen LogP contribution in [0.4, 0.5) is 0 Å². The molecule has 1 amide bonds. The van der Waals surface area contributed by atoms with Gasteiger partial charge in [0.25, 0.3) is 0 Å². The highest BCUT2D eigenvalue weighted by atomic mass is 16.6. The van der Waals surface area contributed by atoms with Gasteiger partial charge in [-0.15, -0.1) is 0 Å². The van der Waals surface area contributed by atoms with E-state index in [0.717, 1.165) is 49.5 Å². The lowest BCUT2D eigenvalue weighted by Gasteiger charge is -2.32. The summed E-state index contributed by atoms with van der Waals surface area (Å²) in [5, 5.41) is 3.19. The van der Waals surface area contributed by atoms with Crippen LogP contribution in [0.2, 0.25) is 0 Å². The summed E-state index contributed by atoms with van der Waals surface area (Å²) in [6.07, 6.45) is 1.82. The largest absolute Gasteiger partial charge is 0.486 e. The number of rotatable bonds is 5. The normalized spacial score (nSPS) is 18.3. The van der Waals surface area contributed by atoms with Gasteiger partial charge in [-0.2, -0.15) is 0 Å². The van der Waals surface area contributed by atoms with Crippen molar-refractivity contribution >= 4 is 5.91 Å². The Morgan fingerprint density at radius 1 is 1.07 bits per heavy atom. The number of hydrogen-bond donors (Lipinski definition) is 1. The molecule has 4 rings (SSSR count). The summed E-state index contributed by atoms with van der Waals surface area (Å²) in [5.74, 6) is 1.78. The van der Waals surface area contributed by atoms with Crippen LogP contribution in [0, 0.1) is 12.8 Å². The Labute approximate surface area is 173 Å². The molecule has 2 aromatic rings. The highest BCUT2D eigenvalue weighted by molar-refractivity contribution is 5.79. The van der Waals surface area contributed by atoms with Crippen LogP contribution in [-0.2, 0) is 11.3 Å². The molecule has 2 heterocycles. The summed E-state index contributed by atoms with van der Waals surface area (Å²) < 4.78 is 11.2. The van der Waals surface area contributed by atoms with Crippen LogP contribution in [0.1, 0.15) is 42.5 Å². The standard InChI is InChI=1S/C24H30N2O3/c1-17-3-5-19(6-4-17)16-26-11-9-20(10-12-26)24(27)25-18(2)21-7-8-22-23(15-21)29-14-13-28-22/h3-8,15,18,20H,9-14,16H2,1-2H3,(H,25,27)/t18-/m0/s1. The van der Waals surface area contributed by atoms with Crippen molar-refractivity contribution in [1.29, 1.82) is 0 Å². The molecule has 5 heteroatoms. The van der Waals surface area contributed by atoms with Crippen LogP contribution in [0.15, 0.2) is 42.5 Å². The van der Waals surface area contributed by atoms with Gasteiger partial charge in [-0.05, 0) is 63.0 Å². The molecule has 1 atom stereocenters. The molecule has 1 saturated heterocycles. The molecule has 0 radical (unpaired) electrons. The highest BCUT2D eigenvalue weighted by Gasteiger charge is 2.26. The molecule has 2 aliphatic rings. The Bertz CT molecular complexity index is 842. The van der Waals surface area contributed by atoms with E-state index in [2.05, 4.69) is 41.4 Å². The van der Waals surface area contributed by atoms with Gasteiger partial charge in [0.1, 0.15) is 13.2 Å². The van der Waals surface area contributed by atoms with Crippen molar-refractivity contribution in [2.75, 3.05) is 26.3 Å². The molecular weight excluding hydrogens is 364 g/mol. The van der Waals surface area contributed by atoms with Crippen molar-refractivity contribution in [2.24, 2.45) is 5.92 Å². The Morgan fingerprint density at radius 2 is 1.76 bits per heavy atom. The predicted octanol–water partition coefficient (Wildman–Crippen LogP) is 3.86. The maximum atomic E-state index is 12.8. The minimum absolute atomic E-state index is 0.0519. The summed E-state index contributed by atoms with van der Waals surface area (Å²) in [6, 6.07) is 14.6. The number of nitrogens with one attached hydrogen (secondary N) is 1. The summed E-state index contributed by atoms with van der Waals surface area (Å²) in [5.41, 5.74) is 3.67. The van der Waals surface area contributed by atoms with Crippen LogP contribution in [0.5, 0.6) is 11.5 Å². The Morgan fingerprint density at radius 3 is 2.48 bits per heavy atom. The van der Waals surface area contributed by atoms with Gasteiger partial charge in [-0.25, -0.2) is 0 Å². The van der Waals surface area contributed by atoms with E-state index in [1.165, 1.54) is 11.1 Å². The minimum Gasteiger partial charge on any atom is -0.486 e. The lowest BCUT2D eigenvalue weighted by molar-refractivity contribution is -0.127. The van der Waals surface area contributed by atoms with Crippen molar-refractivity contribution in [3.05, 3.63) is 59.2 Å². The van der Waals surface area contributed by atoms with E-state index in [1.54, 1.807) is 0 Å². The molecule has 0 spiro atoms. The Balaban J connectivity index is 1.27. The van der Waals surface area contributed by atoms with Gasteiger partial charge in [-0.3, -0.25) is 9.69 Å². The number of fused-ring (bicyclic) bond motifs is 1. The number of hydrogen-bond acceptors (Lipinski definition) is 4. The number of amides is 1. The molecule has 1 N–H and O–H groups in total. The number of likely N-dealkylation sites (tertiary alicyclic amines) is 1. The van der Waals surface area contributed by atoms with Crippen LogP contribution in [0.3, 0.4) is 0 Å². The number of benzene rings is 2. The summed E-state index contributed by atoms with van der Waals surface area (Å²) in [6.45, 7) is 8.17. The van der Waals surface area contributed by atoms with E-state index in [0.29, 0.717) is 13.2 Å². The third-order valence-corrected chi connectivity index (χ3v) is 5.91. The second-order valence-corrected chi connectivity index (χ2v) is 8.17. The first kappa shape index (κ1) is 19.8. The van der Waals surface area contributed by atoms with Gasteiger partial charge in [0.05, 0.1) is 6.04 Å². The molecule has 0 aliphatic carbocycles. The van der Waals surface area contributed by atoms with E-state index in [-0.39, 0.29) is 17.9 Å². The lowest BCUT2D eigenvalue weighted by Crippen LogP contribution is -2.40. The highest BCUT2D eigenvalue weighted by Crippen LogP contribution is 2.32. The van der Waals surface area contributed by atoms with Crippen LogP contribution in [0.25, 0.3) is 0 Å². The summed E-state index contributed by atoms with van der Waals surface area (Å²) in [4.78, 5) is 15.2. The minimum atomic E-state index is -0.0519. The fourth-order valence-electron chi connectivity index (χ4n) is 4.05. The molecular formula is C24H30N2O3. The molecule has 2 aromatic carbocycles. The first-order valence-electron chi connectivity index (χ1n) is 10.6. The maximum Gasteiger partial charge on any atom is 0.223 e. The number of carbonyl (C=O) groups is 1. The van der Waals surface area contributed by atoms with E-state index in [9.17, 15) is 4.79 Å². The van der Waals surface area contributed by atoms with Crippen molar-refractivity contribution < 1.29 is 14.3 Å². The molecule has 1 fully saturated rings. The van der Waals surface area contributed by atoms with Gasteiger partial charge in [-0.1, -0.05) is 35.9 Å². The van der Waals surface area contributed by atoms with Crippen molar-refractivity contribution in [1.82, 2.24) is 10.2 Å². The Kier molecular flexibility index (Phi) is 6.05. The summed E-state index contributed by atoms with van der Waals surface area (Å²) >= 11 is 0. The zero-order valence-electron chi connectivity index (χ0n) is 17.3. The smallest absolute Gasteiger partial charge is 0.223 e. The van der Waals surface area contributed by atoms with Crippen LogP contribution in [-0.4, -0.2) is 37.1 Å². The molecule has 0 unspecified atom stereocenters. The summed E-state index contributed by atoms with van der Waals surface area (Å²) in [7, 11) is 0. The number of aryl methyl sites for hydroxylation is 1. The average Bonchev–Trinajstić information content (AvgIpc) is 2.75. The van der Waals surface area contributed by atoms with Crippen molar-refractivity contribution in [2.45, 2.75) is 39.3 Å². The predicted molar refractivity (Wildman–Crippen MR) is 113 cm³/mol. The number of piperidine rings is 1. The van der Waals surface area contributed by atoms with E-state index in [4.69, 9.17) is 9.47 Å². The van der Waals surface area contributed by atoms with Crippen LogP contribution >= 0.6 is 0 Å². The quantitative estimate of drug-likeness (QED) is 0.837. The number of ether oxygens (including phenoxy) is 2. The molecule has 154 valence electrons. The third-order valence-electron chi connectivity index (χ3n) is 5.91. The van der Waals surface area contributed by atoms with Gasteiger partial charge in [0.15, 0.2) is 11.5 Å². The third kappa shape index (κ3) is 4.91. The van der Waals surface area contributed by atoms with Crippen LogP contribution < -0.4 is 14.8 Å². The molecule has 0 aromatic heterocycles. The maximum absolute atomic E-state index is 12.8. The molecule has 5 nitrogen and oxygen atoms in total. The molecule has 2 aliphatic heterocycles. The van der Waals surface area contributed by atoms with E-state index < -0.39 is 0 Å². The topological polar surface area (TPSA) is 50.8 Å². The SMILES string of the molecule is Cc1ccc(CN2CCC(C(=O)N[C@@H](C)c3ccc4c(c3)OCCO4)CC2)cc1. The van der Waals surface area contributed by atoms with Crippen molar-refractivity contribution in [3.8, 4) is 11.5 Å². The first-order valence-corrected chi connectivity index (χ1v) is 10.6. The zero-order valence-corrected chi connectivity index (χ0v) is 17.3. The van der Waals surface area contributed by atoms with Gasteiger partial charge in [0, 0.05) is 12.5 Å². The van der Waals surface area contributed by atoms with Gasteiger partial charge in [0.2, 0.25) is 5.91 Å². The average molecular weight is 395 g/mol. The second kappa shape index (κ2) is 8.87. The van der Waals surface area contributed by atoms with E-state index in [1.807, 2.05) is 25.1 Å². The number of carbonyl (C=O) groups excluding carboxylic acids is 1. The molecule has 0 bridgehead atoms. The van der Waals surface area contributed by atoms with Gasteiger partial charge >= 0.3 is 0 Å².